The van der Waals surface area contributed by atoms with Crippen molar-refractivity contribution in [2.75, 3.05) is 0 Å². The summed E-state index contributed by atoms with van der Waals surface area (Å²) in [6.07, 6.45) is 0. The predicted molar refractivity (Wildman–Crippen MR) is 68.8 cm³/mol. The summed E-state index contributed by atoms with van der Waals surface area (Å²) in [6, 6.07) is 0. The second-order valence-corrected chi connectivity index (χ2v) is 2.60. The van der Waals surface area contributed by atoms with Gasteiger partial charge in [0.2, 0.25) is 0 Å². The van der Waals surface area contributed by atoms with Crippen LogP contribution in [0.2, 0.25) is 0 Å². The van der Waals surface area contributed by atoms with Gasteiger partial charge in [0.25, 0.3) is 29.8 Å². The van der Waals surface area contributed by atoms with Gasteiger partial charge in [0.1, 0.15) is 0 Å². The fourth-order valence-electron chi connectivity index (χ4n) is 0. The third-order valence-corrected chi connectivity index (χ3v) is 0. The van der Waals surface area contributed by atoms with Gasteiger partial charge in [-0.1, -0.05) is 0 Å². The molecule has 0 heterocycles. The Labute approximate surface area is 175 Å². The molecule has 0 saturated heterocycles. The second-order valence-electron chi connectivity index (χ2n) is 2.60. The summed E-state index contributed by atoms with van der Waals surface area (Å²) in [4.78, 5) is 45.0. The van der Waals surface area contributed by atoms with Gasteiger partial charge < -0.3 is 28.4 Å². The third kappa shape index (κ3) is 15400. The Balaban J connectivity index is -0.0000000161. The number of rotatable bonds is 0. The van der Waals surface area contributed by atoms with Crippen molar-refractivity contribution >= 4 is 29.8 Å². The van der Waals surface area contributed by atoms with Gasteiger partial charge >= 0.3 is 59.1 Å². The molecule has 0 fully saturated rings. The molecule has 0 bridgehead atoms. The SMILES string of the molecule is CC(=O)O.CC(=O)O.CC(=O)O.CC(=O)O.CC(=O)O.[H-].[H-].[Na+].[Na+]. The molecule has 0 aliphatic carbocycles. The van der Waals surface area contributed by atoms with Crippen LogP contribution in [0.15, 0.2) is 0 Å². The first kappa shape index (κ1) is 42.9. The Morgan fingerprint density at radius 3 is 0.455 bits per heavy atom. The van der Waals surface area contributed by atoms with Crippen molar-refractivity contribution in [1.29, 1.82) is 0 Å². The molecule has 0 rings (SSSR count). The largest absolute Gasteiger partial charge is 1.00 e. The average molecular weight is 348 g/mol. The molecule has 5 N–H and O–H groups in total. The maximum atomic E-state index is 9.00. The van der Waals surface area contributed by atoms with E-state index in [0.29, 0.717) is 0 Å². The first-order valence-electron chi connectivity index (χ1n) is 4.64. The molecular formula is C10H22Na2O10. The van der Waals surface area contributed by atoms with E-state index >= 15 is 0 Å². The van der Waals surface area contributed by atoms with E-state index in [1.54, 1.807) is 0 Å². The van der Waals surface area contributed by atoms with E-state index in [-0.39, 0.29) is 62.0 Å². The molecule has 0 radical (unpaired) electrons. The van der Waals surface area contributed by atoms with E-state index in [1.807, 2.05) is 0 Å². The quantitative estimate of drug-likeness (QED) is 0.265. The van der Waals surface area contributed by atoms with E-state index in [1.165, 1.54) is 0 Å². The van der Waals surface area contributed by atoms with Crippen molar-refractivity contribution < 1.29 is 111 Å². The molecule has 0 aromatic rings. The summed E-state index contributed by atoms with van der Waals surface area (Å²) in [5.41, 5.74) is 0. The Morgan fingerprint density at radius 1 is 0.455 bits per heavy atom. The number of hydrogen-bond acceptors (Lipinski definition) is 5. The summed E-state index contributed by atoms with van der Waals surface area (Å²) in [5, 5.41) is 37.1. The molecule has 0 aromatic carbocycles. The summed E-state index contributed by atoms with van der Waals surface area (Å²) in [7, 11) is 0. The Morgan fingerprint density at radius 2 is 0.455 bits per heavy atom. The zero-order valence-electron chi connectivity index (χ0n) is 15.8. The topological polar surface area (TPSA) is 186 Å². The van der Waals surface area contributed by atoms with Crippen LogP contribution >= 0.6 is 0 Å². The Hall–Kier alpha value is -0.650. The average Bonchev–Trinajstić information content (AvgIpc) is 1.94. The van der Waals surface area contributed by atoms with Crippen molar-refractivity contribution in [3.05, 3.63) is 0 Å². The summed E-state index contributed by atoms with van der Waals surface area (Å²) in [6.45, 7) is 5.42. The number of carboxylic acid groups (broad SMARTS) is 5. The minimum atomic E-state index is -0.833. The summed E-state index contributed by atoms with van der Waals surface area (Å²) < 4.78 is 0. The maximum absolute atomic E-state index is 9.00. The predicted octanol–water partition coefficient (Wildman–Crippen LogP) is -5.31. The van der Waals surface area contributed by atoms with Crippen molar-refractivity contribution in [3.8, 4) is 0 Å². The van der Waals surface area contributed by atoms with Crippen molar-refractivity contribution in [2.24, 2.45) is 0 Å². The fraction of sp³-hybridized carbons (Fsp3) is 0.500. The fourth-order valence-corrected chi connectivity index (χ4v) is 0. The van der Waals surface area contributed by atoms with Crippen LogP contribution in [0.25, 0.3) is 0 Å². The van der Waals surface area contributed by atoms with Gasteiger partial charge in [-0.15, -0.1) is 0 Å². The van der Waals surface area contributed by atoms with Crippen LogP contribution in [0.4, 0.5) is 0 Å². The molecule has 0 atom stereocenters. The van der Waals surface area contributed by atoms with Gasteiger partial charge in [0.05, 0.1) is 0 Å². The normalized spacial score (nSPS) is 5.68. The van der Waals surface area contributed by atoms with Crippen molar-refractivity contribution in [2.45, 2.75) is 34.6 Å². The molecule has 0 aliphatic rings. The molecule has 0 unspecified atom stereocenters. The van der Waals surface area contributed by atoms with E-state index in [0.717, 1.165) is 34.6 Å². The molecule has 0 amide bonds. The monoisotopic (exact) mass is 348 g/mol. The molecule has 0 saturated carbocycles. The van der Waals surface area contributed by atoms with Crippen LogP contribution in [0.3, 0.4) is 0 Å². The molecular weight excluding hydrogens is 326 g/mol. The van der Waals surface area contributed by atoms with Gasteiger partial charge in [0.15, 0.2) is 0 Å². The van der Waals surface area contributed by atoms with Crippen molar-refractivity contribution in [3.63, 3.8) is 0 Å². The van der Waals surface area contributed by atoms with Crippen LogP contribution in [-0.4, -0.2) is 55.4 Å². The molecule has 12 heteroatoms. The molecule has 10 nitrogen and oxygen atoms in total. The first-order chi connectivity index (χ1) is 8.66. The van der Waals surface area contributed by atoms with Crippen LogP contribution in [0.1, 0.15) is 37.5 Å². The first-order valence-corrected chi connectivity index (χ1v) is 4.64. The number of hydrogen-bond donors (Lipinski definition) is 5. The standard InChI is InChI=1S/5C2H4O2.2Na.2H/c5*1-2(3)4;;;;/h5*1H3,(H,3,4);;;;/q;;;;;2*+1;2*-1. The summed E-state index contributed by atoms with van der Waals surface area (Å²) >= 11 is 0. The van der Waals surface area contributed by atoms with Gasteiger partial charge in [-0.25, -0.2) is 0 Å². The summed E-state index contributed by atoms with van der Waals surface area (Å²) in [5.74, 6) is -4.17. The number of carboxylic acids is 5. The molecule has 0 aromatic heterocycles. The molecule has 22 heavy (non-hydrogen) atoms. The van der Waals surface area contributed by atoms with Gasteiger partial charge in [0, 0.05) is 34.6 Å². The Bertz CT molecular complexity index is 224. The minimum absolute atomic E-state index is 0. The van der Waals surface area contributed by atoms with Crippen LogP contribution in [-0.2, 0) is 24.0 Å². The van der Waals surface area contributed by atoms with Crippen molar-refractivity contribution in [1.82, 2.24) is 0 Å². The third-order valence-electron chi connectivity index (χ3n) is 0. The number of aliphatic carboxylic acids is 5. The minimum Gasteiger partial charge on any atom is -1.00 e. The van der Waals surface area contributed by atoms with Crippen LogP contribution in [0, 0.1) is 0 Å². The molecule has 124 valence electrons. The van der Waals surface area contributed by atoms with E-state index in [4.69, 9.17) is 49.5 Å². The number of carbonyl (C=O) groups is 5. The zero-order chi connectivity index (χ0) is 17.9. The van der Waals surface area contributed by atoms with E-state index < -0.39 is 29.8 Å². The second kappa shape index (κ2) is 37.0. The van der Waals surface area contributed by atoms with E-state index in [2.05, 4.69) is 0 Å². The maximum Gasteiger partial charge on any atom is 1.00 e. The smallest absolute Gasteiger partial charge is 1.00 e. The van der Waals surface area contributed by atoms with Gasteiger partial charge in [-0.3, -0.25) is 24.0 Å². The zero-order valence-corrected chi connectivity index (χ0v) is 17.8. The van der Waals surface area contributed by atoms with Crippen LogP contribution < -0.4 is 59.1 Å². The Kier molecular flexibility index (Phi) is 72.2. The van der Waals surface area contributed by atoms with Crippen LogP contribution in [0.5, 0.6) is 0 Å². The van der Waals surface area contributed by atoms with Gasteiger partial charge in [-0.2, -0.15) is 0 Å². The molecule has 0 spiro atoms. The van der Waals surface area contributed by atoms with E-state index in [9.17, 15) is 0 Å². The molecule has 0 aliphatic heterocycles. The van der Waals surface area contributed by atoms with Gasteiger partial charge in [-0.05, 0) is 0 Å².